The molecule has 0 spiro atoms. The van der Waals surface area contributed by atoms with E-state index in [1.807, 2.05) is 0 Å². The Hall–Kier alpha value is -1.91. The van der Waals surface area contributed by atoms with Gasteiger partial charge in [0.1, 0.15) is 11.2 Å². The minimum Gasteiger partial charge on any atom is -0.352 e. The van der Waals surface area contributed by atoms with Crippen molar-refractivity contribution >= 4 is 11.8 Å². The third kappa shape index (κ3) is 3.84. The van der Waals surface area contributed by atoms with Crippen LogP contribution in [-0.2, 0) is 16.1 Å². The minimum absolute atomic E-state index is 0.0750. The average molecular weight is 306 g/mol. The van der Waals surface area contributed by atoms with Crippen LogP contribution in [0.25, 0.3) is 0 Å². The van der Waals surface area contributed by atoms with E-state index in [4.69, 9.17) is 0 Å². The molecule has 2 N–H and O–H groups in total. The van der Waals surface area contributed by atoms with Crippen molar-refractivity contribution in [1.29, 1.82) is 0 Å². The molecular formula is C17H23FN2O2. The normalized spacial score (nSPS) is 15.6. The molecule has 4 nitrogen and oxygen atoms in total. The van der Waals surface area contributed by atoms with Crippen molar-refractivity contribution in [3.63, 3.8) is 0 Å². The van der Waals surface area contributed by atoms with E-state index < -0.39 is 11.3 Å². The van der Waals surface area contributed by atoms with Crippen molar-refractivity contribution in [2.75, 3.05) is 0 Å². The van der Waals surface area contributed by atoms with Crippen molar-refractivity contribution < 1.29 is 14.0 Å². The van der Waals surface area contributed by atoms with Gasteiger partial charge in [0.25, 0.3) is 0 Å². The lowest BCUT2D eigenvalue weighted by atomic mass is 9.90. The fraction of sp³-hybridized carbons (Fsp3) is 0.529. The smallest absolute Gasteiger partial charge is 0.235 e. The van der Waals surface area contributed by atoms with E-state index in [-0.39, 0.29) is 24.3 Å². The van der Waals surface area contributed by atoms with Gasteiger partial charge in [-0.25, -0.2) is 4.39 Å². The van der Waals surface area contributed by atoms with Crippen molar-refractivity contribution in [1.82, 2.24) is 10.6 Å². The lowest BCUT2D eigenvalue weighted by Crippen LogP contribution is -2.49. The summed E-state index contributed by atoms with van der Waals surface area (Å²) in [7, 11) is 0. The molecule has 1 aromatic rings. The van der Waals surface area contributed by atoms with E-state index in [2.05, 4.69) is 10.6 Å². The zero-order valence-electron chi connectivity index (χ0n) is 13.1. The van der Waals surface area contributed by atoms with Gasteiger partial charge in [0.2, 0.25) is 11.8 Å². The first-order chi connectivity index (χ1) is 10.4. The van der Waals surface area contributed by atoms with Gasteiger partial charge in [0.15, 0.2) is 0 Å². The van der Waals surface area contributed by atoms with Crippen LogP contribution in [0, 0.1) is 11.2 Å². The molecule has 0 radical (unpaired) electrons. The molecule has 120 valence electrons. The van der Waals surface area contributed by atoms with Crippen LogP contribution in [0.3, 0.4) is 0 Å². The number of amides is 2. The average Bonchev–Trinajstić information content (AvgIpc) is 2.98. The maximum atomic E-state index is 13.5. The van der Waals surface area contributed by atoms with Crippen LogP contribution in [-0.4, -0.2) is 17.9 Å². The predicted octanol–water partition coefficient (Wildman–Crippen LogP) is 2.53. The Bertz CT molecular complexity index is 551. The molecule has 0 bridgehead atoms. The van der Waals surface area contributed by atoms with Gasteiger partial charge in [-0.3, -0.25) is 9.59 Å². The summed E-state index contributed by atoms with van der Waals surface area (Å²) < 4.78 is 13.5. The first kappa shape index (κ1) is 16.5. The van der Waals surface area contributed by atoms with Crippen LogP contribution in [0.15, 0.2) is 24.3 Å². The van der Waals surface area contributed by atoms with Gasteiger partial charge >= 0.3 is 0 Å². The van der Waals surface area contributed by atoms with E-state index in [0.717, 1.165) is 25.7 Å². The molecule has 0 atom stereocenters. The van der Waals surface area contributed by atoms with Crippen molar-refractivity contribution in [3.8, 4) is 0 Å². The molecular weight excluding hydrogens is 283 g/mol. The SMILES string of the molecule is CC(C)(C(=O)NCc1ccccc1F)C(=O)NC1CCCC1. The summed E-state index contributed by atoms with van der Waals surface area (Å²) >= 11 is 0. The quantitative estimate of drug-likeness (QED) is 0.821. The monoisotopic (exact) mass is 306 g/mol. The lowest BCUT2D eigenvalue weighted by Gasteiger charge is -2.25. The fourth-order valence-electron chi connectivity index (χ4n) is 2.58. The molecule has 1 saturated carbocycles. The fourth-order valence-corrected chi connectivity index (χ4v) is 2.58. The molecule has 2 amide bonds. The molecule has 1 aliphatic rings. The maximum absolute atomic E-state index is 13.5. The molecule has 0 saturated heterocycles. The third-order valence-corrected chi connectivity index (χ3v) is 4.22. The van der Waals surface area contributed by atoms with E-state index >= 15 is 0 Å². The highest BCUT2D eigenvalue weighted by Gasteiger charge is 2.37. The Balaban J connectivity index is 1.91. The van der Waals surface area contributed by atoms with Crippen molar-refractivity contribution in [2.24, 2.45) is 5.41 Å². The number of hydrogen-bond acceptors (Lipinski definition) is 2. The summed E-state index contributed by atoms with van der Waals surface area (Å²) in [4.78, 5) is 24.6. The summed E-state index contributed by atoms with van der Waals surface area (Å²) in [6.45, 7) is 3.26. The largest absolute Gasteiger partial charge is 0.352 e. The number of carbonyl (C=O) groups is 2. The van der Waals surface area contributed by atoms with Crippen LogP contribution in [0.5, 0.6) is 0 Å². The molecule has 5 heteroatoms. The third-order valence-electron chi connectivity index (χ3n) is 4.22. The number of nitrogens with one attached hydrogen (secondary N) is 2. The van der Waals surface area contributed by atoms with Crippen LogP contribution < -0.4 is 10.6 Å². The summed E-state index contributed by atoms with van der Waals surface area (Å²) in [5.74, 6) is -1.03. The lowest BCUT2D eigenvalue weighted by molar-refractivity contribution is -0.141. The highest BCUT2D eigenvalue weighted by molar-refractivity contribution is 6.04. The van der Waals surface area contributed by atoms with Crippen molar-refractivity contribution in [3.05, 3.63) is 35.6 Å². The zero-order chi connectivity index (χ0) is 16.2. The molecule has 1 aromatic carbocycles. The Morgan fingerprint density at radius 2 is 1.82 bits per heavy atom. The Labute approximate surface area is 130 Å². The van der Waals surface area contributed by atoms with E-state index in [9.17, 15) is 14.0 Å². The van der Waals surface area contributed by atoms with Crippen molar-refractivity contribution in [2.45, 2.75) is 52.1 Å². The maximum Gasteiger partial charge on any atom is 0.235 e. The van der Waals surface area contributed by atoms with Gasteiger partial charge in [-0.15, -0.1) is 0 Å². The number of rotatable bonds is 5. The van der Waals surface area contributed by atoms with Gasteiger partial charge in [-0.1, -0.05) is 31.0 Å². The second-order valence-corrected chi connectivity index (χ2v) is 6.35. The van der Waals surface area contributed by atoms with Gasteiger partial charge in [-0.2, -0.15) is 0 Å². The van der Waals surface area contributed by atoms with Crippen LogP contribution >= 0.6 is 0 Å². The number of hydrogen-bond donors (Lipinski definition) is 2. The topological polar surface area (TPSA) is 58.2 Å². The highest BCUT2D eigenvalue weighted by Crippen LogP contribution is 2.21. The standard InChI is InChI=1S/C17H23FN2O2/c1-17(2,16(22)20-13-8-4-5-9-13)15(21)19-11-12-7-3-6-10-14(12)18/h3,6-7,10,13H,4-5,8-9,11H2,1-2H3,(H,19,21)(H,20,22). The van der Waals surface area contributed by atoms with E-state index in [0.29, 0.717) is 5.56 Å². The molecule has 0 heterocycles. The highest BCUT2D eigenvalue weighted by atomic mass is 19.1. The van der Waals surface area contributed by atoms with Gasteiger partial charge < -0.3 is 10.6 Å². The Kier molecular flexibility index (Phi) is 5.16. The molecule has 2 rings (SSSR count). The summed E-state index contributed by atoms with van der Waals surface area (Å²) in [6.07, 6.45) is 4.17. The number of benzene rings is 1. The summed E-state index contributed by atoms with van der Waals surface area (Å²) in [6, 6.07) is 6.44. The van der Waals surface area contributed by atoms with Gasteiger partial charge in [0.05, 0.1) is 0 Å². The Morgan fingerprint density at radius 1 is 1.18 bits per heavy atom. The molecule has 22 heavy (non-hydrogen) atoms. The first-order valence-electron chi connectivity index (χ1n) is 7.74. The van der Waals surface area contributed by atoms with Crippen LogP contribution in [0.1, 0.15) is 45.1 Å². The van der Waals surface area contributed by atoms with Gasteiger partial charge in [-0.05, 0) is 32.8 Å². The van der Waals surface area contributed by atoms with Crippen LogP contribution in [0.4, 0.5) is 4.39 Å². The molecule has 0 aliphatic heterocycles. The summed E-state index contributed by atoms with van der Waals surface area (Å²) in [5, 5.41) is 5.58. The second-order valence-electron chi connectivity index (χ2n) is 6.35. The molecule has 0 unspecified atom stereocenters. The molecule has 1 aliphatic carbocycles. The summed E-state index contributed by atoms with van der Waals surface area (Å²) in [5.41, 5.74) is -0.767. The number of carbonyl (C=O) groups excluding carboxylic acids is 2. The first-order valence-corrected chi connectivity index (χ1v) is 7.74. The van der Waals surface area contributed by atoms with E-state index in [1.54, 1.807) is 32.0 Å². The minimum atomic E-state index is -1.17. The molecule has 1 fully saturated rings. The molecule has 0 aromatic heterocycles. The second kappa shape index (κ2) is 6.90. The van der Waals surface area contributed by atoms with Crippen LogP contribution in [0.2, 0.25) is 0 Å². The predicted molar refractivity (Wildman–Crippen MR) is 82.4 cm³/mol. The number of halogens is 1. The van der Waals surface area contributed by atoms with E-state index in [1.165, 1.54) is 6.07 Å². The Morgan fingerprint density at radius 3 is 2.45 bits per heavy atom. The van der Waals surface area contributed by atoms with Gasteiger partial charge in [0, 0.05) is 18.2 Å². The zero-order valence-corrected chi connectivity index (χ0v) is 13.1.